The molecule has 0 saturated heterocycles. The summed E-state index contributed by atoms with van der Waals surface area (Å²) in [7, 11) is 3.43. The largest absolute Gasteiger partial charge is 0.496 e. The lowest BCUT2D eigenvalue weighted by molar-refractivity contribution is 0.00847. The summed E-state index contributed by atoms with van der Waals surface area (Å²) in [4.78, 5) is 0. The van der Waals surface area contributed by atoms with Crippen LogP contribution in [0.4, 0.5) is 0 Å². The topological polar surface area (TPSA) is 27.7 Å². The van der Waals surface area contributed by atoms with Crippen LogP contribution in [0.3, 0.4) is 0 Å². The number of methoxy groups -OCH3 is 2. The predicted molar refractivity (Wildman–Crippen MR) is 106 cm³/mol. The highest BCUT2D eigenvalue weighted by Crippen LogP contribution is 2.56. The van der Waals surface area contributed by atoms with Crippen molar-refractivity contribution in [3.8, 4) is 17.2 Å². The van der Waals surface area contributed by atoms with Gasteiger partial charge in [-0.2, -0.15) is 0 Å². The summed E-state index contributed by atoms with van der Waals surface area (Å²) in [6, 6.07) is 4.02. The zero-order valence-electron chi connectivity index (χ0n) is 17.3. The summed E-state index contributed by atoms with van der Waals surface area (Å²) in [6.45, 7) is 11.5. The third-order valence-corrected chi connectivity index (χ3v) is 6.24. The quantitative estimate of drug-likeness (QED) is 0.620. The minimum atomic E-state index is -0.269. The SMILES string of the molecule is COc1cc(OC)c2c(c1)O[C@]1(C)C=C[C@@H](C(C)C)CC1C2CC(C)C. The first-order valence-corrected chi connectivity index (χ1v) is 9.93. The molecule has 2 aliphatic rings. The maximum atomic E-state index is 6.60. The molecule has 1 aromatic rings. The molecule has 2 unspecified atom stereocenters. The van der Waals surface area contributed by atoms with E-state index in [1.165, 1.54) is 5.56 Å². The number of ether oxygens (including phenoxy) is 3. The average molecular weight is 359 g/mol. The smallest absolute Gasteiger partial charge is 0.131 e. The van der Waals surface area contributed by atoms with Crippen LogP contribution in [0, 0.1) is 23.7 Å². The van der Waals surface area contributed by atoms with E-state index in [0.29, 0.717) is 29.6 Å². The number of hydrogen-bond donors (Lipinski definition) is 0. The second-order valence-electron chi connectivity index (χ2n) is 8.87. The number of fused-ring (bicyclic) bond motifs is 2. The Hall–Kier alpha value is -1.64. The van der Waals surface area contributed by atoms with Crippen molar-refractivity contribution in [1.29, 1.82) is 0 Å². The lowest BCUT2D eigenvalue weighted by atomic mass is 9.63. The summed E-state index contributed by atoms with van der Waals surface area (Å²) in [5, 5.41) is 0. The molecule has 4 atom stereocenters. The van der Waals surface area contributed by atoms with Crippen LogP contribution in [-0.2, 0) is 0 Å². The third kappa shape index (κ3) is 3.33. The van der Waals surface area contributed by atoms with Gasteiger partial charge < -0.3 is 14.2 Å². The molecular formula is C23H34O3. The van der Waals surface area contributed by atoms with Crippen LogP contribution < -0.4 is 14.2 Å². The van der Waals surface area contributed by atoms with Crippen molar-refractivity contribution in [2.24, 2.45) is 23.7 Å². The van der Waals surface area contributed by atoms with Crippen molar-refractivity contribution in [3.05, 3.63) is 29.8 Å². The van der Waals surface area contributed by atoms with Crippen LogP contribution in [0.1, 0.15) is 58.9 Å². The van der Waals surface area contributed by atoms with Crippen molar-refractivity contribution in [2.45, 2.75) is 59.0 Å². The van der Waals surface area contributed by atoms with E-state index in [1.54, 1.807) is 14.2 Å². The van der Waals surface area contributed by atoms with E-state index in [-0.39, 0.29) is 5.60 Å². The molecule has 3 nitrogen and oxygen atoms in total. The van der Waals surface area contributed by atoms with Crippen molar-refractivity contribution >= 4 is 0 Å². The summed E-state index contributed by atoms with van der Waals surface area (Å²) in [6.07, 6.45) is 6.98. The second kappa shape index (κ2) is 7.17. The molecule has 144 valence electrons. The van der Waals surface area contributed by atoms with E-state index >= 15 is 0 Å². The molecule has 1 aliphatic carbocycles. The first kappa shape index (κ1) is 19.1. The Balaban J connectivity index is 2.13. The molecule has 26 heavy (non-hydrogen) atoms. The molecule has 0 bridgehead atoms. The van der Waals surface area contributed by atoms with Gasteiger partial charge in [-0.1, -0.05) is 33.8 Å². The van der Waals surface area contributed by atoms with E-state index < -0.39 is 0 Å². The van der Waals surface area contributed by atoms with Crippen molar-refractivity contribution in [2.75, 3.05) is 14.2 Å². The first-order chi connectivity index (χ1) is 12.3. The van der Waals surface area contributed by atoms with E-state index in [4.69, 9.17) is 14.2 Å². The minimum absolute atomic E-state index is 0.269. The minimum Gasteiger partial charge on any atom is -0.496 e. The van der Waals surface area contributed by atoms with E-state index in [0.717, 1.165) is 30.1 Å². The Bertz CT molecular complexity index is 676. The zero-order valence-corrected chi connectivity index (χ0v) is 17.3. The lowest BCUT2D eigenvalue weighted by Gasteiger charge is -2.50. The van der Waals surface area contributed by atoms with E-state index in [2.05, 4.69) is 46.8 Å². The molecule has 0 spiro atoms. The van der Waals surface area contributed by atoms with Gasteiger partial charge in [0.1, 0.15) is 22.8 Å². The van der Waals surface area contributed by atoms with Crippen LogP contribution in [0.5, 0.6) is 17.2 Å². The molecule has 3 heteroatoms. The van der Waals surface area contributed by atoms with E-state index in [1.807, 2.05) is 12.1 Å². The van der Waals surface area contributed by atoms with Crippen LogP contribution in [0.15, 0.2) is 24.3 Å². The molecule has 1 aliphatic heterocycles. The number of rotatable bonds is 5. The van der Waals surface area contributed by atoms with Crippen molar-refractivity contribution < 1.29 is 14.2 Å². The van der Waals surface area contributed by atoms with Gasteiger partial charge in [0.05, 0.1) is 14.2 Å². The van der Waals surface area contributed by atoms with Gasteiger partial charge in [-0.25, -0.2) is 0 Å². The summed E-state index contributed by atoms with van der Waals surface area (Å²) in [5.74, 6) is 5.34. The van der Waals surface area contributed by atoms with Crippen molar-refractivity contribution in [1.82, 2.24) is 0 Å². The highest BCUT2D eigenvalue weighted by molar-refractivity contribution is 5.55. The molecule has 0 radical (unpaired) electrons. The average Bonchev–Trinajstić information content (AvgIpc) is 2.58. The van der Waals surface area contributed by atoms with Crippen LogP contribution in [0.2, 0.25) is 0 Å². The summed E-state index contributed by atoms with van der Waals surface area (Å²) < 4.78 is 17.9. The van der Waals surface area contributed by atoms with Gasteiger partial charge >= 0.3 is 0 Å². The molecule has 0 aromatic heterocycles. The molecular weight excluding hydrogens is 324 g/mol. The Morgan fingerprint density at radius 3 is 2.46 bits per heavy atom. The van der Waals surface area contributed by atoms with Gasteiger partial charge in [0.2, 0.25) is 0 Å². The molecule has 3 rings (SSSR count). The monoisotopic (exact) mass is 358 g/mol. The fourth-order valence-corrected chi connectivity index (χ4v) is 4.75. The number of hydrogen-bond acceptors (Lipinski definition) is 3. The first-order valence-electron chi connectivity index (χ1n) is 9.93. The lowest BCUT2D eigenvalue weighted by Crippen LogP contribution is -2.49. The second-order valence-corrected chi connectivity index (χ2v) is 8.87. The molecule has 0 N–H and O–H groups in total. The van der Waals surface area contributed by atoms with Gasteiger partial charge in [-0.3, -0.25) is 0 Å². The van der Waals surface area contributed by atoms with E-state index in [9.17, 15) is 0 Å². The zero-order chi connectivity index (χ0) is 19.1. The molecule has 0 saturated carbocycles. The third-order valence-electron chi connectivity index (χ3n) is 6.24. The maximum absolute atomic E-state index is 6.60. The van der Waals surface area contributed by atoms with Crippen LogP contribution >= 0.6 is 0 Å². The predicted octanol–water partition coefficient (Wildman–Crippen LogP) is 5.83. The number of allylic oxidation sites excluding steroid dienone is 1. The summed E-state index contributed by atoms with van der Waals surface area (Å²) in [5.41, 5.74) is 0.956. The number of benzene rings is 1. The van der Waals surface area contributed by atoms with Gasteiger partial charge in [0.15, 0.2) is 0 Å². The highest BCUT2D eigenvalue weighted by atomic mass is 16.5. The Morgan fingerprint density at radius 2 is 1.88 bits per heavy atom. The standard InChI is InChI=1S/C23H34O3/c1-14(2)10-18-19-11-16(15(3)4)8-9-23(19,5)26-21-13-17(24-6)12-20(25-7)22(18)21/h8-9,12-16,18-19H,10-11H2,1-7H3/t16-,18?,19?,23-/m1/s1. The highest BCUT2D eigenvalue weighted by Gasteiger charge is 2.49. The molecule has 1 heterocycles. The fraction of sp³-hybridized carbons (Fsp3) is 0.652. The molecule has 1 aromatic carbocycles. The summed E-state index contributed by atoms with van der Waals surface area (Å²) >= 11 is 0. The Labute approximate surface area is 158 Å². The van der Waals surface area contributed by atoms with Crippen LogP contribution in [0.25, 0.3) is 0 Å². The maximum Gasteiger partial charge on any atom is 0.131 e. The van der Waals surface area contributed by atoms with Gasteiger partial charge in [-0.05, 0) is 49.5 Å². The Kier molecular flexibility index (Phi) is 5.28. The molecule has 0 amide bonds. The Morgan fingerprint density at radius 1 is 1.15 bits per heavy atom. The fourth-order valence-electron chi connectivity index (χ4n) is 4.75. The van der Waals surface area contributed by atoms with Gasteiger partial charge in [-0.15, -0.1) is 0 Å². The molecule has 0 fully saturated rings. The van der Waals surface area contributed by atoms with Crippen LogP contribution in [-0.4, -0.2) is 19.8 Å². The van der Waals surface area contributed by atoms with Gasteiger partial charge in [0, 0.05) is 23.6 Å². The normalized spacial score (nSPS) is 30.0. The van der Waals surface area contributed by atoms with Crippen molar-refractivity contribution in [3.63, 3.8) is 0 Å². The van der Waals surface area contributed by atoms with Gasteiger partial charge in [0.25, 0.3) is 0 Å².